The number of Topliss-reactive ketones (excluding diaryl/α,β-unsaturated/α-hetero) is 1. The highest BCUT2D eigenvalue weighted by Crippen LogP contribution is 2.21. The van der Waals surface area contributed by atoms with Crippen LogP contribution in [0.5, 0.6) is 0 Å². The molecule has 0 N–H and O–H groups in total. The van der Waals surface area contributed by atoms with Gasteiger partial charge >= 0.3 is 0 Å². The van der Waals surface area contributed by atoms with E-state index in [9.17, 15) is 13.2 Å². The lowest BCUT2D eigenvalue weighted by molar-refractivity contribution is 0.102. The van der Waals surface area contributed by atoms with Crippen LogP contribution >= 0.6 is 0 Å². The quantitative estimate of drug-likeness (QED) is 0.738. The molecule has 2 rings (SSSR count). The molecule has 5 heteroatoms. The largest absolute Gasteiger partial charge is 0.372 e. The summed E-state index contributed by atoms with van der Waals surface area (Å²) in [6, 6.07) is 5.19. The molecule has 0 spiro atoms. The monoisotopic (exact) mass is 240 g/mol. The fraction of sp³-hybridized carbons (Fsp3) is 0.364. The SMILES string of the molecule is CS(=O)(=O)CC(=O)c1ccc2c(c1)COC2. The van der Waals surface area contributed by atoms with E-state index in [-0.39, 0.29) is 5.78 Å². The van der Waals surface area contributed by atoms with Crippen molar-refractivity contribution in [2.75, 3.05) is 12.0 Å². The van der Waals surface area contributed by atoms with E-state index in [4.69, 9.17) is 4.74 Å². The Kier molecular flexibility index (Phi) is 2.82. The van der Waals surface area contributed by atoms with E-state index in [1.54, 1.807) is 12.1 Å². The molecule has 0 saturated heterocycles. The summed E-state index contributed by atoms with van der Waals surface area (Å²) in [6.45, 7) is 1.06. The Morgan fingerprint density at radius 1 is 1.31 bits per heavy atom. The van der Waals surface area contributed by atoms with Gasteiger partial charge in [-0.2, -0.15) is 0 Å². The Morgan fingerprint density at radius 3 is 2.69 bits per heavy atom. The highest BCUT2D eigenvalue weighted by atomic mass is 32.2. The second-order valence-electron chi connectivity index (χ2n) is 3.97. The molecule has 1 aromatic carbocycles. The molecule has 0 amide bonds. The number of fused-ring (bicyclic) bond motifs is 1. The molecule has 0 bridgehead atoms. The van der Waals surface area contributed by atoms with Crippen LogP contribution in [-0.2, 0) is 27.8 Å². The van der Waals surface area contributed by atoms with Crippen LogP contribution in [0, 0.1) is 0 Å². The van der Waals surface area contributed by atoms with E-state index in [1.165, 1.54) is 0 Å². The predicted octanol–water partition coefficient (Wildman–Crippen LogP) is 0.944. The summed E-state index contributed by atoms with van der Waals surface area (Å²) in [7, 11) is -3.27. The third-order valence-electron chi connectivity index (χ3n) is 2.44. The average molecular weight is 240 g/mol. The number of benzene rings is 1. The van der Waals surface area contributed by atoms with Crippen LogP contribution in [-0.4, -0.2) is 26.2 Å². The van der Waals surface area contributed by atoms with Gasteiger partial charge in [-0.25, -0.2) is 8.42 Å². The first-order chi connectivity index (χ1) is 7.46. The van der Waals surface area contributed by atoms with Gasteiger partial charge < -0.3 is 4.74 Å². The summed E-state index contributed by atoms with van der Waals surface area (Å²) in [6.07, 6.45) is 1.06. The van der Waals surface area contributed by atoms with E-state index in [1.807, 2.05) is 6.07 Å². The van der Waals surface area contributed by atoms with Gasteiger partial charge in [-0.3, -0.25) is 4.79 Å². The Labute approximate surface area is 94.2 Å². The van der Waals surface area contributed by atoms with E-state index in [0.29, 0.717) is 18.8 Å². The third-order valence-corrected chi connectivity index (χ3v) is 3.22. The Balaban J connectivity index is 2.25. The van der Waals surface area contributed by atoms with Crippen molar-refractivity contribution in [3.05, 3.63) is 34.9 Å². The van der Waals surface area contributed by atoms with Crippen molar-refractivity contribution in [3.63, 3.8) is 0 Å². The number of ether oxygens (including phenoxy) is 1. The topological polar surface area (TPSA) is 60.4 Å². The van der Waals surface area contributed by atoms with Crippen molar-refractivity contribution in [3.8, 4) is 0 Å². The summed E-state index contributed by atoms with van der Waals surface area (Å²) in [5, 5.41) is 0. The van der Waals surface area contributed by atoms with Crippen LogP contribution in [0.4, 0.5) is 0 Å². The highest BCUT2D eigenvalue weighted by Gasteiger charge is 2.17. The second kappa shape index (κ2) is 3.99. The van der Waals surface area contributed by atoms with Gasteiger partial charge in [0.1, 0.15) is 5.75 Å². The van der Waals surface area contributed by atoms with Crippen LogP contribution in [0.15, 0.2) is 18.2 Å². The molecular weight excluding hydrogens is 228 g/mol. The van der Waals surface area contributed by atoms with Crippen molar-refractivity contribution in [1.82, 2.24) is 0 Å². The molecule has 16 heavy (non-hydrogen) atoms. The summed E-state index contributed by atoms with van der Waals surface area (Å²) in [5.74, 6) is -0.802. The fourth-order valence-electron chi connectivity index (χ4n) is 1.67. The molecule has 0 aliphatic carbocycles. The standard InChI is InChI=1S/C11H12O4S/c1-16(13,14)7-11(12)8-2-3-9-5-15-6-10(9)4-8/h2-4H,5-7H2,1H3. The third kappa shape index (κ3) is 2.48. The van der Waals surface area contributed by atoms with Crippen molar-refractivity contribution in [2.45, 2.75) is 13.2 Å². The van der Waals surface area contributed by atoms with E-state index >= 15 is 0 Å². The molecule has 0 fully saturated rings. The van der Waals surface area contributed by atoms with E-state index in [2.05, 4.69) is 0 Å². The van der Waals surface area contributed by atoms with Crippen LogP contribution in [0.25, 0.3) is 0 Å². The molecule has 0 radical (unpaired) electrons. The van der Waals surface area contributed by atoms with Crippen LogP contribution < -0.4 is 0 Å². The maximum atomic E-state index is 11.6. The van der Waals surface area contributed by atoms with Crippen LogP contribution in [0.2, 0.25) is 0 Å². The number of sulfone groups is 1. The Morgan fingerprint density at radius 2 is 2.00 bits per heavy atom. The van der Waals surface area contributed by atoms with Gasteiger partial charge in [0.25, 0.3) is 0 Å². The molecule has 86 valence electrons. The van der Waals surface area contributed by atoms with Gasteiger partial charge in [-0.1, -0.05) is 12.1 Å². The smallest absolute Gasteiger partial charge is 0.177 e. The molecule has 1 aromatic rings. The number of rotatable bonds is 3. The zero-order valence-corrected chi connectivity index (χ0v) is 9.71. The summed E-state index contributed by atoms with van der Waals surface area (Å²) < 4.78 is 27.2. The van der Waals surface area contributed by atoms with Crippen molar-refractivity contribution in [1.29, 1.82) is 0 Å². The minimum atomic E-state index is -3.27. The zero-order chi connectivity index (χ0) is 11.8. The van der Waals surface area contributed by atoms with Gasteiger partial charge in [-0.05, 0) is 17.2 Å². The maximum absolute atomic E-state index is 11.6. The zero-order valence-electron chi connectivity index (χ0n) is 8.89. The number of carbonyl (C=O) groups is 1. The molecule has 1 aliphatic rings. The molecular formula is C11H12O4S. The lowest BCUT2D eigenvalue weighted by Gasteiger charge is -2.02. The second-order valence-corrected chi connectivity index (χ2v) is 6.11. The predicted molar refractivity (Wildman–Crippen MR) is 59.0 cm³/mol. The number of hydrogen-bond acceptors (Lipinski definition) is 4. The molecule has 0 unspecified atom stereocenters. The first-order valence-corrected chi connectivity index (χ1v) is 6.92. The lowest BCUT2D eigenvalue weighted by atomic mass is 10.0. The van der Waals surface area contributed by atoms with Gasteiger partial charge in [-0.15, -0.1) is 0 Å². The van der Waals surface area contributed by atoms with Crippen LogP contribution in [0.1, 0.15) is 21.5 Å². The molecule has 0 aromatic heterocycles. The highest BCUT2D eigenvalue weighted by molar-refractivity contribution is 7.91. The number of hydrogen-bond donors (Lipinski definition) is 0. The minimum absolute atomic E-state index is 0.364. The lowest BCUT2D eigenvalue weighted by Crippen LogP contribution is -2.14. The normalized spacial score (nSPS) is 14.8. The minimum Gasteiger partial charge on any atom is -0.372 e. The first kappa shape index (κ1) is 11.3. The Bertz CT molecular complexity index is 531. The molecule has 0 atom stereocenters. The van der Waals surface area contributed by atoms with E-state index < -0.39 is 15.6 Å². The van der Waals surface area contributed by atoms with Gasteiger partial charge in [0.15, 0.2) is 15.6 Å². The first-order valence-electron chi connectivity index (χ1n) is 4.86. The van der Waals surface area contributed by atoms with Crippen molar-refractivity contribution >= 4 is 15.6 Å². The fourth-order valence-corrected chi connectivity index (χ4v) is 2.31. The molecule has 4 nitrogen and oxygen atoms in total. The summed E-state index contributed by atoms with van der Waals surface area (Å²) >= 11 is 0. The van der Waals surface area contributed by atoms with Gasteiger partial charge in [0, 0.05) is 11.8 Å². The molecule has 1 aliphatic heterocycles. The van der Waals surface area contributed by atoms with Gasteiger partial charge in [0.05, 0.1) is 13.2 Å². The molecule has 1 heterocycles. The van der Waals surface area contributed by atoms with Gasteiger partial charge in [0.2, 0.25) is 0 Å². The number of carbonyl (C=O) groups excluding carboxylic acids is 1. The Hall–Kier alpha value is -1.20. The van der Waals surface area contributed by atoms with Crippen molar-refractivity contribution < 1.29 is 17.9 Å². The maximum Gasteiger partial charge on any atom is 0.177 e. The van der Waals surface area contributed by atoms with Crippen LogP contribution in [0.3, 0.4) is 0 Å². The van der Waals surface area contributed by atoms with Crippen molar-refractivity contribution in [2.24, 2.45) is 0 Å². The summed E-state index contributed by atoms with van der Waals surface area (Å²) in [4.78, 5) is 11.6. The molecule has 0 saturated carbocycles. The summed E-state index contributed by atoms with van der Waals surface area (Å²) in [5.41, 5.74) is 2.48. The van der Waals surface area contributed by atoms with E-state index in [0.717, 1.165) is 17.4 Å². The number of ketones is 1. The average Bonchev–Trinajstić information content (AvgIpc) is 2.61.